The monoisotopic (exact) mass is 447 g/mol. The van der Waals surface area contributed by atoms with E-state index in [9.17, 15) is 4.79 Å². The Bertz CT molecular complexity index is 1320. The maximum Gasteiger partial charge on any atom is 0.257 e. The molecular formula is C24H21N3O4S. The number of amides is 1. The van der Waals surface area contributed by atoms with Crippen molar-refractivity contribution in [3.05, 3.63) is 71.8 Å². The van der Waals surface area contributed by atoms with Crippen LogP contribution in [-0.2, 0) is 0 Å². The summed E-state index contributed by atoms with van der Waals surface area (Å²) in [7, 11) is 3.04. The molecule has 0 aliphatic rings. The van der Waals surface area contributed by atoms with Crippen molar-refractivity contribution < 1.29 is 18.7 Å². The Hall–Kier alpha value is -3.91. The molecule has 0 atom stereocenters. The average molecular weight is 448 g/mol. The molecule has 4 rings (SSSR count). The smallest absolute Gasteiger partial charge is 0.257 e. The number of ether oxygens (including phenoxy) is 2. The second kappa shape index (κ2) is 9.07. The van der Waals surface area contributed by atoms with Gasteiger partial charge in [-0.15, -0.1) is 0 Å². The second-order valence-corrected chi connectivity index (χ2v) is 7.46. The SMILES string of the molecule is COc1ccc(C(=O)NC(=S)Nc2ccc3oc(-c4cccc(C)c4)nc3c2)cc1OC. The molecule has 3 aromatic carbocycles. The van der Waals surface area contributed by atoms with Gasteiger partial charge >= 0.3 is 0 Å². The van der Waals surface area contributed by atoms with Crippen LogP contribution in [0.5, 0.6) is 11.5 Å². The van der Waals surface area contributed by atoms with Crippen LogP contribution in [0.4, 0.5) is 5.69 Å². The van der Waals surface area contributed by atoms with Crippen LogP contribution in [0.15, 0.2) is 65.1 Å². The summed E-state index contributed by atoms with van der Waals surface area (Å²) in [5.41, 5.74) is 4.45. The van der Waals surface area contributed by atoms with Gasteiger partial charge in [-0.1, -0.05) is 17.7 Å². The summed E-state index contributed by atoms with van der Waals surface area (Å²) >= 11 is 5.30. The van der Waals surface area contributed by atoms with E-state index in [4.69, 9.17) is 26.1 Å². The number of fused-ring (bicyclic) bond motifs is 1. The van der Waals surface area contributed by atoms with E-state index in [-0.39, 0.29) is 11.0 Å². The maximum atomic E-state index is 12.6. The number of rotatable bonds is 5. The number of carbonyl (C=O) groups excluding carboxylic acids is 1. The van der Waals surface area contributed by atoms with Gasteiger partial charge < -0.3 is 19.2 Å². The molecule has 2 N–H and O–H groups in total. The number of methoxy groups -OCH3 is 2. The first kappa shape index (κ1) is 21.3. The second-order valence-electron chi connectivity index (χ2n) is 7.05. The molecule has 8 heteroatoms. The summed E-state index contributed by atoms with van der Waals surface area (Å²) in [6.07, 6.45) is 0. The number of nitrogens with zero attached hydrogens (tertiary/aromatic N) is 1. The molecule has 0 fully saturated rings. The Labute approximate surface area is 190 Å². The van der Waals surface area contributed by atoms with Gasteiger partial charge in [-0.05, 0) is 67.7 Å². The summed E-state index contributed by atoms with van der Waals surface area (Å²) in [4.78, 5) is 17.1. The van der Waals surface area contributed by atoms with Crippen molar-refractivity contribution in [3.8, 4) is 23.0 Å². The molecule has 1 amide bonds. The number of anilines is 1. The van der Waals surface area contributed by atoms with Gasteiger partial charge in [0.1, 0.15) is 5.52 Å². The standard InChI is InChI=1S/C24H21N3O4S/c1-14-5-4-6-16(11-14)23-26-18-13-17(8-10-19(18)31-23)25-24(32)27-22(28)15-7-9-20(29-2)21(12-15)30-3/h4-13H,1-3H3,(H2,25,27,28,32). The highest BCUT2D eigenvalue weighted by Gasteiger charge is 2.13. The van der Waals surface area contributed by atoms with E-state index in [0.29, 0.717) is 39.7 Å². The number of benzene rings is 3. The number of aryl methyl sites for hydroxylation is 1. The fourth-order valence-electron chi connectivity index (χ4n) is 3.22. The molecule has 32 heavy (non-hydrogen) atoms. The Kier molecular flexibility index (Phi) is 6.04. The molecule has 0 unspecified atom stereocenters. The van der Waals surface area contributed by atoms with Crippen LogP contribution < -0.4 is 20.1 Å². The fourth-order valence-corrected chi connectivity index (χ4v) is 3.43. The lowest BCUT2D eigenvalue weighted by atomic mass is 10.1. The summed E-state index contributed by atoms with van der Waals surface area (Å²) in [6.45, 7) is 2.02. The third-order valence-corrected chi connectivity index (χ3v) is 4.99. The number of oxazole rings is 1. The molecule has 1 heterocycles. The Morgan fingerprint density at radius 3 is 2.56 bits per heavy atom. The van der Waals surface area contributed by atoms with Gasteiger partial charge in [0.05, 0.1) is 14.2 Å². The molecule has 0 spiro atoms. The summed E-state index contributed by atoms with van der Waals surface area (Å²) in [5.74, 6) is 1.17. The molecule has 0 aliphatic carbocycles. The zero-order chi connectivity index (χ0) is 22.7. The average Bonchev–Trinajstić information content (AvgIpc) is 3.22. The minimum Gasteiger partial charge on any atom is -0.493 e. The molecule has 4 aromatic rings. The van der Waals surface area contributed by atoms with Gasteiger partial charge in [-0.25, -0.2) is 4.98 Å². The van der Waals surface area contributed by atoms with E-state index in [2.05, 4.69) is 15.6 Å². The van der Waals surface area contributed by atoms with Crippen molar-refractivity contribution in [2.45, 2.75) is 6.92 Å². The van der Waals surface area contributed by atoms with Crippen LogP contribution in [0, 0.1) is 6.92 Å². The number of hydrogen-bond donors (Lipinski definition) is 2. The third kappa shape index (κ3) is 4.55. The fraction of sp³-hybridized carbons (Fsp3) is 0.125. The van der Waals surface area contributed by atoms with Gasteiger partial charge in [0.15, 0.2) is 22.2 Å². The van der Waals surface area contributed by atoms with Gasteiger partial charge in [0, 0.05) is 16.8 Å². The molecule has 0 saturated heterocycles. The minimum absolute atomic E-state index is 0.159. The number of hydrogen-bond acceptors (Lipinski definition) is 6. The van der Waals surface area contributed by atoms with Crippen LogP contribution in [0.25, 0.3) is 22.6 Å². The highest BCUT2D eigenvalue weighted by Crippen LogP contribution is 2.28. The Morgan fingerprint density at radius 2 is 1.81 bits per heavy atom. The van der Waals surface area contributed by atoms with Gasteiger partial charge in [0.2, 0.25) is 5.89 Å². The Balaban J connectivity index is 1.47. The van der Waals surface area contributed by atoms with E-state index in [0.717, 1.165) is 11.1 Å². The minimum atomic E-state index is -0.368. The van der Waals surface area contributed by atoms with Crippen molar-refractivity contribution in [2.24, 2.45) is 0 Å². The molecule has 162 valence electrons. The quantitative estimate of drug-likeness (QED) is 0.419. The lowest BCUT2D eigenvalue weighted by Crippen LogP contribution is -2.34. The normalized spacial score (nSPS) is 10.6. The molecule has 0 aliphatic heterocycles. The molecule has 0 radical (unpaired) electrons. The first-order valence-corrected chi connectivity index (χ1v) is 10.2. The maximum absolute atomic E-state index is 12.6. The number of aromatic nitrogens is 1. The van der Waals surface area contributed by atoms with E-state index < -0.39 is 0 Å². The molecule has 7 nitrogen and oxygen atoms in total. The zero-order valence-electron chi connectivity index (χ0n) is 17.8. The number of carbonyl (C=O) groups is 1. The van der Waals surface area contributed by atoms with Crippen molar-refractivity contribution in [3.63, 3.8) is 0 Å². The van der Waals surface area contributed by atoms with Crippen LogP contribution >= 0.6 is 12.2 Å². The summed E-state index contributed by atoms with van der Waals surface area (Å²) in [5, 5.41) is 5.82. The predicted molar refractivity (Wildman–Crippen MR) is 127 cm³/mol. The predicted octanol–water partition coefficient (Wildman–Crippen LogP) is 4.95. The molecule has 0 bridgehead atoms. The van der Waals surface area contributed by atoms with Crippen LogP contribution in [-0.4, -0.2) is 30.2 Å². The van der Waals surface area contributed by atoms with E-state index >= 15 is 0 Å². The van der Waals surface area contributed by atoms with Crippen molar-refractivity contribution >= 4 is 40.0 Å². The first-order valence-electron chi connectivity index (χ1n) is 9.79. The molecular weight excluding hydrogens is 426 g/mol. The third-order valence-electron chi connectivity index (χ3n) is 4.78. The number of thiocarbonyl (C=S) groups is 1. The van der Waals surface area contributed by atoms with Crippen LogP contribution in [0.3, 0.4) is 0 Å². The topological polar surface area (TPSA) is 85.6 Å². The highest BCUT2D eigenvalue weighted by molar-refractivity contribution is 7.80. The van der Waals surface area contributed by atoms with E-state index in [1.54, 1.807) is 18.2 Å². The van der Waals surface area contributed by atoms with Gasteiger partial charge in [-0.3, -0.25) is 10.1 Å². The highest BCUT2D eigenvalue weighted by atomic mass is 32.1. The van der Waals surface area contributed by atoms with Crippen molar-refractivity contribution in [2.75, 3.05) is 19.5 Å². The van der Waals surface area contributed by atoms with Crippen molar-refractivity contribution in [1.29, 1.82) is 0 Å². The summed E-state index contributed by atoms with van der Waals surface area (Å²) in [6, 6.07) is 18.3. The van der Waals surface area contributed by atoms with Crippen LogP contribution in [0.1, 0.15) is 15.9 Å². The summed E-state index contributed by atoms with van der Waals surface area (Å²) < 4.78 is 16.3. The van der Waals surface area contributed by atoms with Gasteiger partial charge in [0.25, 0.3) is 5.91 Å². The van der Waals surface area contributed by atoms with Crippen molar-refractivity contribution in [1.82, 2.24) is 10.3 Å². The molecule has 0 saturated carbocycles. The van der Waals surface area contributed by atoms with Crippen LogP contribution in [0.2, 0.25) is 0 Å². The van der Waals surface area contributed by atoms with E-state index in [1.807, 2.05) is 49.4 Å². The zero-order valence-corrected chi connectivity index (χ0v) is 18.6. The largest absolute Gasteiger partial charge is 0.493 e. The lowest BCUT2D eigenvalue weighted by molar-refractivity contribution is 0.0977. The number of nitrogens with one attached hydrogen (secondary N) is 2. The Morgan fingerprint density at radius 1 is 1.00 bits per heavy atom. The van der Waals surface area contributed by atoms with E-state index in [1.165, 1.54) is 14.2 Å². The van der Waals surface area contributed by atoms with Gasteiger partial charge in [-0.2, -0.15) is 0 Å². The first-order chi connectivity index (χ1) is 15.5. The lowest BCUT2D eigenvalue weighted by Gasteiger charge is -2.11. The molecule has 1 aromatic heterocycles.